The molecule has 1 aromatic rings. The Morgan fingerprint density at radius 2 is 2.10 bits per heavy atom. The van der Waals surface area contributed by atoms with Crippen LogP contribution in [-0.4, -0.2) is 35.0 Å². The molecule has 1 heterocycles. The van der Waals surface area contributed by atoms with Gasteiger partial charge in [0.25, 0.3) is 5.91 Å². The number of carbonyl (C=O) groups is 2. The topological polar surface area (TPSA) is 57.6 Å². The van der Waals surface area contributed by atoms with Crippen LogP contribution in [0.4, 0.5) is 0 Å². The molecule has 1 fully saturated rings. The Hall–Kier alpha value is -1.36. The van der Waals surface area contributed by atoms with E-state index >= 15 is 0 Å². The second-order valence-electron chi connectivity index (χ2n) is 5.17. The summed E-state index contributed by atoms with van der Waals surface area (Å²) in [6, 6.07) is 7.41. The monoisotopic (exact) mass is 339 g/mol. The number of carbonyl (C=O) groups excluding carboxylic acids is 1. The summed E-state index contributed by atoms with van der Waals surface area (Å²) >= 11 is 3.40. The second-order valence-corrected chi connectivity index (χ2v) is 6.03. The molecule has 1 aliphatic heterocycles. The molecule has 1 N–H and O–H groups in total. The number of rotatable bonds is 4. The molecule has 2 rings (SSSR count). The predicted molar refractivity (Wildman–Crippen MR) is 79.6 cm³/mol. The van der Waals surface area contributed by atoms with Crippen LogP contribution in [0.2, 0.25) is 0 Å². The van der Waals surface area contributed by atoms with E-state index in [2.05, 4.69) is 15.9 Å². The molecule has 1 unspecified atom stereocenters. The Kier molecular flexibility index (Phi) is 5.17. The van der Waals surface area contributed by atoms with Crippen molar-refractivity contribution in [1.82, 2.24) is 4.90 Å². The van der Waals surface area contributed by atoms with Crippen LogP contribution >= 0.6 is 15.9 Å². The fourth-order valence-electron chi connectivity index (χ4n) is 2.62. The Balaban J connectivity index is 2.00. The summed E-state index contributed by atoms with van der Waals surface area (Å²) in [5.74, 6) is -0.442. The Morgan fingerprint density at radius 1 is 1.35 bits per heavy atom. The van der Waals surface area contributed by atoms with Gasteiger partial charge in [0.2, 0.25) is 0 Å². The summed E-state index contributed by atoms with van der Waals surface area (Å²) in [5, 5.41) is 8.75. The van der Waals surface area contributed by atoms with Crippen LogP contribution in [0, 0.1) is 5.92 Å². The third-order valence-electron chi connectivity index (χ3n) is 3.68. The van der Waals surface area contributed by atoms with E-state index in [-0.39, 0.29) is 12.3 Å². The molecule has 1 aromatic carbocycles. The van der Waals surface area contributed by atoms with Crippen LogP contribution < -0.4 is 0 Å². The number of carboxylic acids is 1. The highest BCUT2D eigenvalue weighted by Crippen LogP contribution is 2.24. The van der Waals surface area contributed by atoms with Gasteiger partial charge < -0.3 is 10.0 Å². The van der Waals surface area contributed by atoms with E-state index in [1.165, 1.54) is 0 Å². The third-order valence-corrected chi connectivity index (χ3v) is 4.37. The van der Waals surface area contributed by atoms with E-state index in [9.17, 15) is 9.59 Å². The first kappa shape index (κ1) is 15.0. The Bertz CT molecular complexity index is 504. The van der Waals surface area contributed by atoms with Crippen molar-refractivity contribution in [1.29, 1.82) is 0 Å². The van der Waals surface area contributed by atoms with E-state index in [0.717, 1.165) is 23.9 Å². The van der Waals surface area contributed by atoms with Crippen LogP contribution in [0.3, 0.4) is 0 Å². The molecular weight excluding hydrogens is 322 g/mol. The quantitative estimate of drug-likeness (QED) is 0.916. The van der Waals surface area contributed by atoms with Crippen LogP contribution in [0.15, 0.2) is 28.7 Å². The average molecular weight is 340 g/mol. The lowest BCUT2D eigenvalue weighted by Crippen LogP contribution is -2.40. The minimum Gasteiger partial charge on any atom is -0.481 e. The highest BCUT2D eigenvalue weighted by atomic mass is 79.9. The van der Waals surface area contributed by atoms with Gasteiger partial charge in [-0.1, -0.05) is 12.1 Å². The van der Waals surface area contributed by atoms with Crippen molar-refractivity contribution < 1.29 is 14.7 Å². The molecule has 5 heteroatoms. The molecule has 0 saturated carbocycles. The summed E-state index contributed by atoms with van der Waals surface area (Å²) in [6.07, 6.45) is 2.78. The molecule has 0 spiro atoms. The SMILES string of the molecule is O=C(O)CCC1CCCN(C(=O)c2ccccc2Br)C1. The van der Waals surface area contributed by atoms with Crippen molar-refractivity contribution in [2.24, 2.45) is 5.92 Å². The number of carboxylic acid groups (broad SMARTS) is 1. The normalized spacial score (nSPS) is 18.9. The fourth-order valence-corrected chi connectivity index (χ4v) is 3.07. The van der Waals surface area contributed by atoms with E-state index in [0.29, 0.717) is 24.4 Å². The third kappa shape index (κ3) is 3.82. The highest BCUT2D eigenvalue weighted by Gasteiger charge is 2.25. The first-order valence-corrected chi connectivity index (χ1v) is 7.63. The van der Waals surface area contributed by atoms with Gasteiger partial charge in [0.1, 0.15) is 0 Å². The molecule has 20 heavy (non-hydrogen) atoms. The number of amides is 1. The zero-order valence-electron chi connectivity index (χ0n) is 11.2. The van der Waals surface area contributed by atoms with Gasteiger partial charge in [-0.05, 0) is 53.2 Å². The van der Waals surface area contributed by atoms with E-state index in [1.807, 2.05) is 29.2 Å². The van der Waals surface area contributed by atoms with Crippen LogP contribution in [-0.2, 0) is 4.79 Å². The first-order valence-electron chi connectivity index (χ1n) is 6.83. The number of aliphatic carboxylic acids is 1. The maximum Gasteiger partial charge on any atom is 0.303 e. The zero-order chi connectivity index (χ0) is 14.5. The fraction of sp³-hybridized carbons (Fsp3) is 0.467. The molecule has 1 saturated heterocycles. The molecule has 1 atom stereocenters. The highest BCUT2D eigenvalue weighted by molar-refractivity contribution is 9.10. The second kappa shape index (κ2) is 6.88. The number of benzene rings is 1. The lowest BCUT2D eigenvalue weighted by molar-refractivity contribution is -0.137. The van der Waals surface area contributed by atoms with Crippen LogP contribution in [0.1, 0.15) is 36.0 Å². The zero-order valence-corrected chi connectivity index (χ0v) is 12.8. The summed E-state index contributed by atoms with van der Waals surface area (Å²) < 4.78 is 0.803. The Morgan fingerprint density at radius 3 is 2.80 bits per heavy atom. The maximum atomic E-state index is 12.5. The lowest BCUT2D eigenvalue weighted by Gasteiger charge is -2.33. The van der Waals surface area contributed by atoms with Crippen LogP contribution in [0.5, 0.6) is 0 Å². The molecule has 0 aromatic heterocycles. The molecular formula is C15H18BrNO3. The number of hydrogen-bond donors (Lipinski definition) is 1. The molecule has 108 valence electrons. The van der Waals surface area contributed by atoms with Gasteiger partial charge in [0, 0.05) is 24.0 Å². The minimum atomic E-state index is -0.765. The number of piperidine rings is 1. The maximum absolute atomic E-state index is 12.5. The van der Waals surface area contributed by atoms with Gasteiger partial charge in [-0.15, -0.1) is 0 Å². The van der Waals surface area contributed by atoms with Crippen molar-refractivity contribution >= 4 is 27.8 Å². The van der Waals surface area contributed by atoms with Gasteiger partial charge in [0.15, 0.2) is 0 Å². The van der Waals surface area contributed by atoms with E-state index in [1.54, 1.807) is 0 Å². The first-order chi connectivity index (χ1) is 9.58. The van der Waals surface area contributed by atoms with Crippen molar-refractivity contribution in [3.8, 4) is 0 Å². The van der Waals surface area contributed by atoms with Crippen LogP contribution in [0.25, 0.3) is 0 Å². The molecule has 1 aliphatic rings. The number of hydrogen-bond acceptors (Lipinski definition) is 2. The smallest absolute Gasteiger partial charge is 0.303 e. The summed E-state index contributed by atoms with van der Waals surface area (Å²) in [5.41, 5.74) is 0.673. The van der Waals surface area contributed by atoms with Gasteiger partial charge in [-0.25, -0.2) is 0 Å². The van der Waals surface area contributed by atoms with Gasteiger partial charge >= 0.3 is 5.97 Å². The Labute approximate surface area is 126 Å². The summed E-state index contributed by atoms with van der Waals surface area (Å²) in [7, 11) is 0. The number of halogens is 1. The number of likely N-dealkylation sites (tertiary alicyclic amines) is 1. The predicted octanol–water partition coefficient (Wildman–Crippen LogP) is 3.17. The van der Waals surface area contributed by atoms with E-state index < -0.39 is 5.97 Å². The molecule has 1 amide bonds. The molecule has 4 nitrogen and oxygen atoms in total. The van der Waals surface area contributed by atoms with Crippen molar-refractivity contribution in [2.75, 3.05) is 13.1 Å². The lowest BCUT2D eigenvalue weighted by atomic mass is 9.93. The molecule has 0 radical (unpaired) electrons. The minimum absolute atomic E-state index is 0.0255. The summed E-state index contributed by atoms with van der Waals surface area (Å²) in [6.45, 7) is 1.41. The molecule has 0 aliphatic carbocycles. The summed E-state index contributed by atoms with van der Waals surface area (Å²) in [4.78, 5) is 25.0. The van der Waals surface area contributed by atoms with Crippen molar-refractivity contribution in [3.05, 3.63) is 34.3 Å². The largest absolute Gasteiger partial charge is 0.481 e. The number of nitrogens with zero attached hydrogens (tertiary/aromatic N) is 1. The van der Waals surface area contributed by atoms with Gasteiger partial charge in [-0.2, -0.15) is 0 Å². The van der Waals surface area contributed by atoms with Crippen molar-refractivity contribution in [2.45, 2.75) is 25.7 Å². The van der Waals surface area contributed by atoms with Gasteiger partial charge in [-0.3, -0.25) is 9.59 Å². The van der Waals surface area contributed by atoms with E-state index in [4.69, 9.17) is 5.11 Å². The standard InChI is InChI=1S/C15H18BrNO3/c16-13-6-2-1-5-12(13)15(20)17-9-3-4-11(10-17)7-8-14(18)19/h1-2,5-6,11H,3-4,7-10H2,(H,18,19). The molecule has 0 bridgehead atoms. The van der Waals surface area contributed by atoms with Crippen molar-refractivity contribution in [3.63, 3.8) is 0 Å². The van der Waals surface area contributed by atoms with Gasteiger partial charge in [0.05, 0.1) is 5.56 Å². The average Bonchev–Trinajstić information content (AvgIpc) is 2.45.